The maximum absolute atomic E-state index is 11.0. The van der Waals surface area contributed by atoms with E-state index in [9.17, 15) is 13.2 Å². The molecule has 1 heterocycles. The van der Waals surface area contributed by atoms with Crippen LogP contribution in [-0.4, -0.2) is 43.1 Å². The molecule has 2 rings (SSSR count). The van der Waals surface area contributed by atoms with E-state index in [1.807, 2.05) is 0 Å². The van der Waals surface area contributed by atoms with E-state index in [0.29, 0.717) is 5.75 Å². The second-order valence-corrected chi connectivity index (χ2v) is 6.76. The van der Waals surface area contributed by atoms with Crippen molar-refractivity contribution < 1.29 is 23.1 Å². The van der Waals surface area contributed by atoms with Crippen LogP contribution >= 0.6 is 0 Å². The molecule has 0 spiro atoms. The summed E-state index contributed by atoms with van der Waals surface area (Å²) in [6, 6.07) is 5.91. The molecule has 6 nitrogen and oxygen atoms in total. The minimum absolute atomic E-state index is 0.0542. The van der Waals surface area contributed by atoms with Gasteiger partial charge in [0.25, 0.3) is 0 Å². The highest BCUT2D eigenvalue weighted by Gasteiger charge is 2.35. The van der Waals surface area contributed by atoms with Gasteiger partial charge in [-0.2, -0.15) is 0 Å². The highest BCUT2D eigenvalue weighted by Crippen LogP contribution is 2.20. The van der Waals surface area contributed by atoms with Gasteiger partial charge in [0, 0.05) is 0 Å². The van der Waals surface area contributed by atoms with Crippen LogP contribution in [0.15, 0.2) is 24.3 Å². The molecule has 1 saturated heterocycles. The van der Waals surface area contributed by atoms with Crippen LogP contribution in [0.5, 0.6) is 5.75 Å². The maximum Gasteiger partial charge on any atom is 0.320 e. The number of nitrogens with two attached hydrogens (primary N) is 1. The summed E-state index contributed by atoms with van der Waals surface area (Å²) in [4.78, 5) is 10.6. The predicted molar refractivity (Wildman–Crippen MR) is 68.8 cm³/mol. The van der Waals surface area contributed by atoms with Crippen LogP contribution in [-0.2, 0) is 21.1 Å². The SMILES string of the molecule is NC(Cc1ccc(OC2CS(=O)(=O)C2)cc1)C(=O)O. The van der Waals surface area contributed by atoms with Crippen LogP contribution in [0.3, 0.4) is 0 Å². The Kier molecular flexibility index (Phi) is 3.77. The lowest BCUT2D eigenvalue weighted by atomic mass is 10.1. The Bertz CT molecular complexity index is 554. The quantitative estimate of drug-likeness (QED) is 0.777. The van der Waals surface area contributed by atoms with Crippen LogP contribution in [0.1, 0.15) is 5.56 Å². The number of rotatable bonds is 5. The molecule has 1 aliphatic heterocycles. The molecule has 0 aliphatic carbocycles. The van der Waals surface area contributed by atoms with Crippen LogP contribution in [0.4, 0.5) is 0 Å². The number of hydrogen-bond acceptors (Lipinski definition) is 5. The Morgan fingerprint density at radius 1 is 1.37 bits per heavy atom. The third-order valence-electron chi connectivity index (χ3n) is 2.88. The lowest BCUT2D eigenvalue weighted by Gasteiger charge is -2.26. The van der Waals surface area contributed by atoms with Crippen molar-refractivity contribution >= 4 is 15.8 Å². The standard InChI is InChI=1S/C12H15NO5S/c13-11(12(14)15)5-8-1-3-9(4-2-8)18-10-6-19(16,17)7-10/h1-4,10-11H,5-7,13H2,(H,14,15). The topological polar surface area (TPSA) is 107 Å². The van der Waals surface area contributed by atoms with Gasteiger partial charge in [0.05, 0.1) is 11.5 Å². The van der Waals surface area contributed by atoms with Crippen LogP contribution in [0, 0.1) is 0 Å². The fraction of sp³-hybridized carbons (Fsp3) is 0.417. The number of ether oxygens (including phenoxy) is 1. The van der Waals surface area contributed by atoms with Gasteiger partial charge >= 0.3 is 5.97 Å². The van der Waals surface area contributed by atoms with Crippen molar-refractivity contribution in [1.82, 2.24) is 0 Å². The second-order valence-electron chi connectivity index (χ2n) is 4.61. The zero-order chi connectivity index (χ0) is 14.0. The van der Waals surface area contributed by atoms with Gasteiger partial charge in [-0.05, 0) is 24.1 Å². The molecule has 1 aromatic carbocycles. The van der Waals surface area contributed by atoms with Crippen molar-refractivity contribution in [2.75, 3.05) is 11.5 Å². The minimum Gasteiger partial charge on any atom is -0.488 e. The summed E-state index contributed by atoms with van der Waals surface area (Å²) in [6.07, 6.45) is -0.0370. The average molecular weight is 285 g/mol. The maximum atomic E-state index is 11.0. The van der Waals surface area contributed by atoms with E-state index >= 15 is 0 Å². The zero-order valence-corrected chi connectivity index (χ0v) is 11.0. The van der Waals surface area contributed by atoms with Crippen molar-refractivity contribution in [3.63, 3.8) is 0 Å². The molecule has 1 unspecified atom stereocenters. The highest BCUT2D eigenvalue weighted by atomic mass is 32.2. The number of aliphatic carboxylic acids is 1. The Balaban J connectivity index is 1.90. The monoisotopic (exact) mass is 285 g/mol. The third-order valence-corrected chi connectivity index (χ3v) is 4.64. The van der Waals surface area contributed by atoms with Gasteiger partial charge in [-0.25, -0.2) is 8.42 Å². The third kappa shape index (κ3) is 3.68. The van der Waals surface area contributed by atoms with Crippen molar-refractivity contribution in [3.8, 4) is 5.75 Å². The van der Waals surface area contributed by atoms with E-state index in [4.69, 9.17) is 15.6 Å². The smallest absolute Gasteiger partial charge is 0.320 e. The van der Waals surface area contributed by atoms with E-state index in [0.717, 1.165) is 5.56 Å². The zero-order valence-electron chi connectivity index (χ0n) is 10.2. The number of hydrogen-bond donors (Lipinski definition) is 2. The summed E-state index contributed by atoms with van der Waals surface area (Å²) in [5.41, 5.74) is 6.23. The molecule has 0 saturated carbocycles. The Labute approximate surface area is 111 Å². The fourth-order valence-electron chi connectivity index (χ4n) is 1.82. The van der Waals surface area contributed by atoms with Gasteiger partial charge in [0.15, 0.2) is 9.84 Å². The molecular formula is C12H15NO5S. The second kappa shape index (κ2) is 5.18. The first-order valence-corrected chi connectivity index (χ1v) is 7.62. The summed E-state index contributed by atoms with van der Waals surface area (Å²) < 4.78 is 27.4. The molecule has 104 valence electrons. The molecule has 7 heteroatoms. The summed E-state index contributed by atoms with van der Waals surface area (Å²) in [5, 5.41) is 8.70. The molecule has 1 fully saturated rings. The van der Waals surface area contributed by atoms with E-state index < -0.39 is 21.8 Å². The summed E-state index contributed by atoms with van der Waals surface area (Å²) in [5.74, 6) is -0.357. The molecule has 1 atom stereocenters. The van der Waals surface area contributed by atoms with Gasteiger partial charge in [-0.1, -0.05) is 12.1 Å². The predicted octanol–water partition coefficient (Wildman–Crippen LogP) is -0.183. The number of carboxylic acid groups (broad SMARTS) is 1. The normalized spacial score (nSPS) is 19.4. The first kappa shape index (κ1) is 13.8. The average Bonchev–Trinajstić information content (AvgIpc) is 2.29. The number of benzene rings is 1. The molecule has 3 N–H and O–H groups in total. The lowest BCUT2D eigenvalue weighted by molar-refractivity contribution is -0.138. The van der Waals surface area contributed by atoms with Crippen LogP contribution in [0.2, 0.25) is 0 Å². The molecule has 0 amide bonds. The first-order chi connectivity index (χ1) is 8.85. The molecule has 19 heavy (non-hydrogen) atoms. The Morgan fingerprint density at radius 3 is 2.42 bits per heavy atom. The number of carboxylic acids is 1. The van der Waals surface area contributed by atoms with E-state index in [1.165, 1.54) is 0 Å². The Morgan fingerprint density at radius 2 is 1.95 bits per heavy atom. The lowest BCUT2D eigenvalue weighted by Crippen LogP contribution is -2.45. The highest BCUT2D eigenvalue weighted by molar-refractivity contribution is 7.92. The van der Waals surface area contributed by atoms with Gasteiger partial charge in [-0.15, -0.1) is 0 Å². The van der Waals surface area contributed by atoms with E-state index in [-0.39, 0.29) is 24.0 Å². The van der Waals surface area contributed by atoms with Gasteiger partial charge in [0.2, 0.25) is 0 Å². The van der Waals surface area contributed by atoms with Crippen molar-refractivity contribution in [1.29, 1.82) is 0 Å². The van der Waals surface area contributed by atoms with Gasteiger partial charge in [-0.3, -0.25) is 4.79 Å². The van der Waals surface area contributed by atoms with Crippen molar-refractivity contribution in [2.45, 2.75) is 18.6 Å². The summed E-state index contributed by atoms with van der Waals surface area (Å²) in [7, 11) is -2.89. The molecule has 1 aliphatic rings. The molecule has 0 radical (unpaired) electrons. The molecule has 1 aromatic rings. The van der Waals surface area contributed by atoms with Gasteiger partial charge in [0.1, 0.15) is 17.9 Å². The summed E-state index contributed by atoms with van der Waals surface area (Å²) in [6.45, 7) is 0. The van der Waals surface area contributed by atoms with Gasteiger partial charge < -0.3 is 15.6 Å². The summed E-state index contributed by atoms with van der Waals surface area (Å²) >= 11 is 0. The molecule has 0 bridgehead atoms. The van der Waals surface area contributed by atoms with E-state index in [1.54, 1.807) is 24.3 Å². The fourth-order valence-corrected chi connectivity index (χ4v) is 2.99. The number of carbonyl (C=O) groups is 1. The number of sulfone groups is 1. The largest absolute Gasteiger partial charge is 0.488 e. The van der Waals surface area contributed by atoms with Crippen LogP contribution < -0.4 is 10.5 Å². The van der Waals surface area contributed by atoms with Crippen molar-refractivity contribution in [2.24, 2.45) is 5.73 Å². The minimum atomic E-state index is -2.89. The van der Waals surface area contributed by atoms with Crippen LogP contribution in [0.25, 0.3) is 0 Å². The van der Waals surface area contributed by atoms with Crippen molar-refractivity contribution in [3.05, 3.63) is 29.8 Å². The molecule has 0 aromatic heterocycles. The molecular weight excluding hydrogens is 270 g/mol. The first-order valence-electron chi connectivity index (χ1n) is 5.80. The Hall–Kier alpha value is -1.60. The van der Waals surface area contributed by atoms with E-state index in [2.05, 4.69) is 0 Å².